The van der Waals surface area contributed by atoms with Gasteiger partial charge < -0.3 is 28.4 Å². The highest BCUT2D eigenvalue weighted by molar-refractivity contribution is 7.07. The van der Waals surface area contributed by atoms with Crippen molar-refractivity contribution in [3.63, 3.8) is 0 Å². The zero-order valence-corrected chi connectivity index (χ0v) is 32.9. The molecule has 0 bridgehead atoms. The van der Waals surface area contributed by atoms with Crippen LogP contribution in [0.2, 0.25) is 10.0 Å². The van der Waals surface area contributed by atoms with E-state index in [0.29, 0.717) is 72.2 Å². The van der Waals surface area contributed by atoms with Gasteiger partial charge in [0.15, 0.2) is 34.4 Å². The van der Waals surface area contributed by atoms with Gasteiger partial charge in [-0.25, -0.2) is 14.6 Å². The van der Waals surface area contributed by atoms with Crippen LogP contribution in [0.15, 0.2) is 82.2 Å². The number of allylic oxidation sites excluding steroid dienone is 2. The molecule has 0 amide bonds. The number of ether oxygens (including phenoxy) is 6. The van der Waals surface area contributed by atoms with Crippen molar-refractivity contribution in [2.75, 3.05) is 33.5 Å². The third-order valence-corrected chi connectivity index (χ3v) is 9.75. The number of nitrogens with zero attached hydrogens (tertiary/aromatic N) is 2. The number of carbonyl (C=O) groups is 2. The number of fused-ring (bicyclic) bond motifs is 1. The van der Waals surface area contributed by atoms with E-state index in [2.05, 4.69) is 6.58 Å². The Labute approximate surface area is 326 Å². The number of carbonyl (C=O) groups excluding carboxylic acids is 2. The summed E-state index contributed by atoms with van der Waals surface area (Å²) in [5.41, 5.74) is 3.01. The fourth-order valence-electron chi connectivity index (χ4n) is 5.83. The molecule has 1 aliphatic heterocycles. The molecule has 5 rings (SSSR count). The smallest absolute Gasteiger partial charge is 0.343 e. The van der Waals surface area contributed by atoms with Crippen molar-refractivity contribution in [1.82, 2.24) is 4.57 Å². The lowest BCUT2D eigenvalue weighted by Gasteiger charge is -2.25. The van der Waals surface area contributed by atoms with Crippen molar-refractivity contribution >= 4 is 52.6 Å². The molecule has 1 aromatic heterocycles. The molecule has 0 saturated heterocycles. The predicted octanol–water partition coefficient (Wildman–Crippen LogP) is 6.76. The molecule has 0 radical (unpaired) electrons. The van der Waals surface area contributed by atoms with Crippen LogP contribution in [0.4, 0.5) is 0 Å². The third-order valence-electron chi connectivity index (χ3n) is 8.18. The Morgan fingerprint density at radius 3 is 2.37 bits per heavy atom. The average molecular weight is 796 g/mol. The van der Waals surface area contributed by atoms with Gasteiger partial charge in [-0.05, 0) is 87.7 Å². The van der Waals surface area contributed by atoms with Gasteiger partial charge in [-0.3, -0.25) is 9.36 Å². The van der Waals surface area contributed by atoms with Crippen LogP contribution in [-0.4, -0.2) is 50.0 Å². The van der Waals surface area contributed by atoms with Crippen LogP contribution in [0.3, 0.4) is 0 Å². The third kappa shape index (κ3) is 9.00. The fourth-order valence-corrected chi connectivity index (χ4v) is 7.34. The van der Waals surface area contributed by atoms with Gasteiger partial charge in [0.05, 0.1) is 48.8 Å². The van der Waals surface area contributed by atoms with Crippen molar-refractivity contribution in [1.29, 1.82) is 0 Å². The summed E-state index contributed by atoms with van der Waals surface area (Å²) in [6, 6.07) is 13.0. The highest BCUT2D eigenvalue weighted by Gasteiger charge is 2.34. The maximum Gasteiger partial charge on any atom is 0.343 e. The summed E-state index contributed by atoms with van der Waals surface area (Å²) >= 11 is 13.7. The first kappa shape index (κ1) is 40.2. The van der Waals surface area contributed by atoms with E-state index >= 15 is 0 Å². The Kier molecular flexibility index (Phi) is 13.6. The Bertz CT molecular complexity index is 2280. The van der Waals surface area contributed by atoms with Crippen molar-refractivity contribution in [3.8, 4) is 23.0 Å². The van der Waals surface area contributed by atoms with Crippen molar-refractivity contribution in [2.45, 2.75) is 46.8 Å². The standard InChI is InChI=1S/C40H40Cl2N2O9S/c1-7-11-26-16-24(17-32(50-9-3)37(26)53-21-27-12-14-28(41)20-29(27)42)18-33-38(46)44-36(35(39(47)51-10-4)23(5)43-40(44)54-33)25-13-15-30(31(19-25)49-8-2)52-22-34(45)48-6/h7,12-20,36H,1,8-11,21-22H2,2-6H3/b33-18-/t36-/m1/s1. The Morgan fingerprint density at radius 2 is 1.69 bits per heavy atom. The minimum absolute atomic E-state index is 0.124. The zero-order chi connectivity index (χ0) is 38.9. The Balaban J connectivity index is 1.63. The van der Waals surface area contributed by atoms with Gasteiger partial charge in [0.25, 0.3) is 5.56 Å². The van der Waals surface area contributed by atoms with Gasteiger partial charge in [-0.1, -0.05) is 52.7 Å². The van der Waals surface area contributed by atoms with Crippen molar-refractivity contribution < 1.29 is 38.0 Å². The van der Waals surface area contributed by atoms with Crippen LogP contribution in [-0.2, 0) is 32.1 Å². The van der Waals surface area contributed by atoms with Crippen molar-refractivity contribution in [2.24, 2.45) is 4.99 Å². The Hall–Kier alpha value is -5.04. The van der Waals surface area contributed by atoms with Gasteiger partial charge in [-0.15, -0.1) is 6.58 Å². The van der Waals surface area contributed by atoms with Crippen LogP contribution < -0.4 is 33.8 Å². The number of aromatic nitrogens is 1. The fraction of sp³-hybridized carbons (Fsp3) is 0.300. The SMILES string of the molecule is C=CCc1cc(/C=c2\sc3n(c2=O)[C@H](c2ccc(OCC(=O)OC)c(OCC)c2)C(C(=O)OCC)=C(C)N=3)cc(OCC)c1OCc1ccc(Cl)cc1Cl. The summed E-state index contributed by atoms with van der Waals surface area (Å²) in [6.07, 6.45) is 3.97. The Morgan fingerprint density at radius 1 is 0.926 bits per heavy atom. The van der Waals surface area contributed by atoms with Crippen LogP contribution in [0.5, 0.6) is 23.0 Å². The highest BCUT2D eigenvalue weighted by atomic mass is 35.5. The molecule has 2 heterocycles. The van der Waals surface area contributed by atoms with E-state index in [1.165, 1.54) is 23.0 Å². The van der Waals surface area contributed by atoms with Crippen LogP contribution in [0.1, 0.15) is 56.0 Å². The molecule has 0 unspecified atom stereocenters. The van der Waals surface area contributed by atoms with E-state index in [1.54, 1.807) is 75.4 Å². The van der Waals surface area contributed by atoms with E-state index in [0.717, 1.165) is 11.1 Å². The zero-order valence-electron chi connectivity index (χ0n) is 30.5. The summed E-state index contributed by atoms with van der Waals surface area (Å²) < 4.78 is 35.9. The number of hydrogen-bond donors (Lipinski definition) is 0. The lowest BCUT2D eigenvalue weighted by molar-refractivity contribution is -0.143. The van der Waals surface area contributed by atoms with E-state index in [4.69, 9.17) is 56.6 Å². The summed E-state index contributed by atoms with van der Waals surface area (Å²) in [5.74, 6) is 0.454. The number of rotatable bonds is 16. The maximum absolute atomic E-state index is 14.4. The first-order valence-corrected chi connectivity index (χ1v) is 18.7. The molecule has 284 valence electrons. The second kappa shape index (κ2) is 18.3. The quantitative estimate of drug-likeness (QED) is 0.0894. The topological polar surface area (TPSA) is 124 Å². The molecule has 14 heteroatoms. The van der Waals surface area contributed by atoms with E-state index in [-0.39, 0.29) is 37.6 Å². The normalized spacial score (nSPS) is 13.8. The molecule has 1 atom stereocenters. The highest BCUT2D eigenvalue weighted by Crippen LogP contribution is 2.38. The molecule has 4 aromatic rings. The number of esters is 2. The second-order valence-electron chi connectivity index (χ2n) is 11.8. The van der Waals surface area contributed by atoms with E-state index < -0.39 is 18.0 Å². The monoisotopic (exact) mass is 794 g/mol. The summed E-state index contributed by atoms with van der Waals surface area (Å²) in [6.45, 7) is 11.6. The molecular weight excluding hydrogens is 755 g/mol. The van der Waals surface area contributed by atoms with Gasteiger partial charge >= 0.3 is 11.9 Å². The molecular formula is C40H40Cl2N2O9S. The van der Waals surface area contributed by atoms with Crippen LogP contribution in [0.25, 0.3) is 6.08 Å². The molecule has 54 heavy (non-hydrogen) atoms. The summed E-state index contributed by atoms with van der Waals surface area (Å²) in [7, 11) is 1.27. The van der Waals surface area contributed by atoms with Gasteiger partial charge in [0, 0.05) is 21.2 Å². The first-order valence-electron chi connectivity index (χ1n) is 17.2. The summed E-state index contributed by atoms with van der Waals surface area (Å²) in [4.78, 5) is 44.8. The lowest BCUT2D eigenvalue weighted by Crippen LogP contribution is -2.40. The van der Waals surface area contributed by atoms with Gasteiger partial charge in [-0.2, -0.15) is 0 Å². The number of methoxy groups -OCH3 is 1. The molecule has 11 nitrogen and oxygen atoms in total. The molecule has 0 fully saturated rings. The van der Waals surface area contributed by atoms with E-state index in [1.807, 2.05) is 13.0 Å². The van der Waals surface area contributed by atoms with Gasteiger partial charge in [0.2, 0.25) is 0 Å². The van der Waals surface area contributed by atoms with Crippen LogP contribution in [0, 0.1) is 0 Å². The minimum Gasteiger partial charge on any atom is -0.490 e. The molecule has 3 aromatic carbocycles. The molecule has 0 spiro atoms. The minimum atomic E-state index is -0.915. The lowest BCUT2D eigenvalue weighted by atomic mass is 9.95. The molecule has 0 saturated carbocycles. The first-order chi connectivity index (χ1) is 26.0. The number of thiazole rings is 1. The summed E-state index contributed by atoms with van der Waals surface area (Å²) in [5, 5.41) is 1.00. The van der Waals surface area contributed by atoms with E-state index in [9.17, 15) is 14.4 Å². The second-order valence-corrected chi connectivity index (χ2v) is 13.6. The maximum atomic E-state index is 14.4. The largest absolute Gasteiger partial charge is 0.490 e. The molecule has 0 aliphatic carbocycles. The predicted molar refractivity (Wildman–Crippen MR) is 208 cm³/mol. The number of benzene rings is 3. The number of halogens is 2. The average Bonchev–Trinajstić information content (AvgIpc) is 3.44. The van der Waals surface area contributed by atoms with Gasteiger partial charge in [0.1, 0.15) is 6.61 Å². The number of hydrogen-bond acceptors (Lipinski definition) is 11. The molecule has 0 N–H and O–H groups in total. The van der Waals surface area contributed by atoms with Crippen LogP contribution >= 0.6 is 34.5 Å². The van der Waals surface area contributed by atoms with Crippen molar-refractivity contribution in [3.05, 3.63) is 124 Å². The molecule has 1 aliphatic rings.